The third-order valence-electron chi connectivity index (χ3n) is 3.64. The molecule has 1 aliphatic rings. The monoisotopic (exact) mass is 278 g/mol. The fourth-order valence-electron chi connectivity index (χ4n) is 2.61. The number of rotatable bonds is 7. The lowest BCUT2D eigenvalue weighted by atomic mass is 10.0. The average molecular weight is 278 g/mol. The smallest absolute Gasteiger partial charge is 0.121 e. The zero-order chi connectivity index (χ0) is 14.2. The third-order valence-corrected chi connectivity index (χ3v) is 3.64. The third kappa shape index (κ3) is 5.39. The van der Waals surface area contributed by atoms with Crippen molar-refractivity contribution in [2.75, 3.05) is 45.7 Å². The van der Waals surface area contributed by atoms with Crippen molar-refractivity contribution in [3.05, 3.63) is 24.3 Å². The van der Waals surface area contributed by atoms with Gasteiger partial charge in [-0.3, -0.25) is 0 Å². The fourth-order valence-corrected chi connectivity index (χ4v) is 2.61. The lowest BCUT2D eigenvalue weighted by Crippen LogP contribution is -2.32. The van der Waals surface area contributed by atoms with Crippen molar-refractivity contribution in [2.45, 2.75) is 19.3 Å². The van der Waals surface area contributed by atoms with Crippen LogP contribution in [0.2, 0.25) is 0 Å². The summed E-state index contributed by atoms with van der Waals surface area (Å²) >= 11 is 0. The largest absolute Gasteiger partial charge is 0.493 e. The quantitative estimate of drug-likeness (QED) is 0.614. The molecule has 2 N–H and O–H groups in total. The molecular formula is C16H26N2O2. The van der Waals surface area contributed by atoms with Gasteiger partial charge in [0.1, 0.15) is 5.75 Å². The molecule has 4 nitrogen and oxygen atoms in total. The Morgan fingerprint density at radius 3 is 3.10 bits per heavy atom. The molecule has 1 aromatic rings. The first-order valence-corrected chi connectivity index (χ1v) is 7.48. The van der Waals surface area contributed by atoms with Gasteiger partial charge in [-0.25, -0.2) is 0 Å². The van der Waals surface area contributed by atoms with E-state index in [-0.39, 0.29) is 0 Å². The Morgan fingerprint density at radius 1 is 1.45 bits per heavy atom. The van der Waals surface area contributed by atoms with Gasteiger partial charge in [0.05, 0.1) is 13.2 Å². The van der Waals surface area contributed by atoms with Gasteiger partial charge in [0, 0.05) is 31.5 Å². The van der Waals surface area contributed by atoms with Gasteiger partial charge in [0.2, 0.25) is 0 Å². The van der Waals surface area contributed by atoms with Crippen molar-refractivity contribution in [1.82, 2.24) is 4.90 Å². The molecule has 1 saturated heterocycles. The number of benzene rings is 1. The van der Waals surface area contributed by atoms with Gasteiger partial charge in [-0.1, -0.05) is 6.07 Å². The molecular weight excluding hydrogens is 252 g/mol. The maximum Gasteiger partial charge on any atom is 0.121 e. The van der Waals surface area contributed by atoms with E-state index in [0.717, 1.165) is 50.8 Å². The van der Waals surface area contributed by atoms with Crippen molar-refractivity contribution in [3.63, 3.8) is 0 Å². The molecule has 0 aromatic heterocycles. The van der Waals surface area contributed by atoms with Crippen LogP contribution < -0.4 is 10.5 Å². The number of nitrogens with two attached hydrogens (primary N) is 1. The highest BCUT2D eigenvalue weighted by atomic mass is 16.5. The Bertz CT molecular complexity index is 392. The van der Waals surface area contributed by atoms with Crippen LogP contribution in [0.25, 0.3) is 0 Å². The summed E-state index contributed by atoms with van der Waals surface area (Å²) in [5, 5.41) is 0. The SMILES string of the molecule is CN(CCCOc1cccc(N)c1)CC1CCCOC1. The lowest BCUT2D eigenvalue weighted by molar-refractivity contribution is 0.0415. The molecule has 1 aromatic carbocycles. The predicted molar refractivity (Wildman–Crippen MR) is 82.0 cm³/mol. The number of ether oxygens (including phenoxy) is 2. The van der Waals surface area contributed by atoms with Gasteiger partial charge in [-0.05, 0) is 44.4 Å². The summed E-state index contributed by atoms with van der Waals surface area (Å²) in [6.45, 7) is 4.77. The van der Waals surface area contributed by atoms with Crippen LogP contribution in [-0.2, 0) is 4.74 Å². The van der Waals surface area contributed by atoms with Crippen LogP contribution in [0.4, 0.5) is 5.69 Å². The summed E-state index contributed by atoms with van der Waals surface area (Å²) in [6, 6.07) is 7.59. The minimum Gasteiger partial charge on any atom is -0.493 e. The van der Waals surface area contributed by atoms with E-state index in [2.05, 4.69) is 11.9 Å². The summed E-state index contributed by atoms with van der Waals surface area (Å²) < 4.78 is 11.2. The van der Waals surface area contributed by atoms with Gasteiger partial charge in [-0.2, -0.15) is 0 Å². The summed E-state index contributed by atoms with van der Waals surface area (Å²) in [5.74, 6) is 1.55. The molecule has 0 radical (unpaired) electrons. The van der Waals surface area contributed by atoms with Crippen molar-refractivity contribution >= 4 is 5.69 Å². The Labute approximate surface area is 121 Å². The molecule has 1 atom stereocenters. The lowest BCUT2D eigenvalue weighted by Gasteiger charge is -2.27. The first-order chi connectivity index (χ1) is 9.74. The van der Waals surface area contributed by atoms with E-state index in [4.69, 9.17) is 15.2 Å². The minimum absolute atomic E-state index is 0.698. The molecule has 112 valence electrons. The normalized spacial score (nSPS) is 19.2. The summed E-state index contributed by atoms with van der Waals surface area (Å²) in [6.07, 6.45) is 3.53. The highest BCUT2D eigenvalue weighted by Crippen LogP contribution is 2.16. The Kier molecular flexibility index (Phi) is 6.15. The van der Waals surface area contributed by atoms with E-state index in [9.17, 15) is 0 Å². The van der Waals surface area contributed by atoms with E-state index in [1.165, 1.54) is 12.8 Å². The number of hydrogen-bond donors (Lipinski definition) is 1. The molecule has 0 amide bonds. The van der Waals surface area contributed by atoms with E-state index in [1.54, 1.807) is 0 Å². The van der Waals surface area contributed by atoms with Crippen molar-refractivity contribution in [1.29, 1.82) is 0 Å². The zero-order valence-corrected chi connectivity index (χ0v) is 12.4. The standard InChI is InChI=1S/C16H26N2O2/c1-18(12-14-5-3-9-19-13-14)8-4-10-20-16-7-2-6-15(17)11-16/h2,6-7,11,14H,3-5,8-10,12-13,17H2,1H3. The second-order valence-corrected chi connectivity index (χ2v) is 5.62. The van der Waals surface area contributed by atoms with E-state index >= 15 is 0 Å². The van der Waals surface area contributed by atoms with Gasteiger partial charge < -0.3 is 20.1 Å². The summed E-state index contributed by atoms with van der Waals surface area (Å²) in [7, 11) is 2.18. The summed E-state index contributed by atoms with van der Waals surface area (Å²) in [4.78, 5) is 2.38. The van der Waals surface area contributed by atoms with Crippen LogP contribution in [-0.4, -0.2) is 44.9 Å². The first-order valence-electron chi connectivity index (χ1n) is 7.48. The fraction of sp³-hybridized carbons (Fsp3) is 0.625. The molecule has 1 heterocycles. The molecule has 1 unspecified atom stereocenters. The van der Waals surface area contributed by atoms with E-state index in [0.29, 0.717) is 5.92 Å². The van der Waals surface area contributed by atoms with Crippen LogP contribution in [0.5, 0.6) is 5.75 Å². The van der Waals surface area contributed by atoms with Crippen molar-refractivity contribution < 1.29 is 9.47 Å². The zero-order valence-electron chi connectivity index (χ0n) is 12.4. The van der Waals surface area contributed by atoms with Crippen LogP contribution in [0.15, 0.2) is 24.3 Å². The number of nitrogen functional groups attached to an aromatic ring is 1. The van der Waals surface area contributed by atoms with Crippen LogP contribution in [0.3, 0.4) is 0 Å². The summed E-state index contributed by atoms with van der Waals surface area (Å²) in [5.41, 5.74) is 6.46. The van der Waals surface area contributed by atoms with Crippen LogP contribution >= 0.6 is 0 Å². The Balaban J connectivity index is 1.58. The highest BCUT2D eigenvalue weighted by molar-refractivity contribution is 5.43. The van der Waals surface area contributed by atoms with E-state index in [1.807, 2.05) is 24.3 Å². The van der Waals surface area contributed by atoms with Gasteiger partial charge in [0.25, 0.3) is 0 Å². The van der Waals surface area contributed by atoms with Crippen molar-refractivity contribution in [2.24, 2.45) is 5.92 Å². The Hall–Kier alpha value is -1.26. The number of nitrogens with zero attached hydrogens (tertiary/aromatic N) is 1. The topological polar surface area (TPSA) is 47.7 Å². The Morgan fingerprint density at radius 2 is 2.35 bits per heavy atom. The number of hydrogen-bond acceptors (Lipinski definition) is 4. The van der Waals surface area contributed by atoms with Crippen LogP contribution in [0, 0.1) is 5.92 Å². The van der Waals surface area contributed by atoms with Crippen LogP contribution in [0.1, 0.15) is 19.3 Å². The van der Waals surface area contributed by atoms with Gasteiger partial charge in [-0.15, -0.1) is 0 Å². The maximum absolute atomic E-state index is 5.72. The van der Waals surface area contributed by atoms with E-state index < -0.39 is 0 Å². The molecule has 0 saturated carbocycles. The number of anilines is 1. The molecule has 1 fully saturated rings. The molecule has 2 rings (SSSR count). The molecule has 4 heteroatoms. The molecule has 0 bridgehead atoms. The molecule has 0 spiro atoms. The van der Waals surface area contributed by atoms with Gasteiger partial charge in [0.15, 0.2) is 0 Å². The molecule has 20 heavy (non-hydrogen) atoms. The molecule has 0 aliphatic carbocycles. The average Bonchev–Trinajstić information content (AvgIpc) is 2.45. The highest BCUT2D eigenvalue weighted by Gasteiger charge is 2.15. The second kappa shape index (κ2) is 8.12. The first kappa shape index (κ1) is 15.1. The maximum atomic E-state index is 5.72. The van der Waals surface area contributed by atoms with Crippen molar-refractivity contribution in [3.8, 4) is 5.75 Å². The molecule has 1 aliphatic heterocycles. The second-order valence-electron chi connectivity index (χ2n) is 5.62. The van der Waals surface area contributed by atoms with Gasteiger partial charge >= 0.3 is 0 Å². The minimum atomic E-state index is 0.698. The predicted octanol–water partition coefficient (Wildman–Crippen LogP) is 2.40.